The van der Waals surface area contributed by atoms with Gasteiger partial charge >= 0.3 is 0 Å². The number of hydrogen-bond donors (Lipinski definition) is 0. The van der Waals surface area contributed by atoms with E-state index in [1.807, 2.05) is 40.8 Å². The number of carbonyl (C=O) groups is 1. The molecule has 156 valence electrons. The molecule has 0 saturated carbocycles. The first-order valence-electron chi connectivity index (χ1n) is 10.3. The standard InChI is InChI=1S/C22H29N3O4/c1-15-21(16(2)25(23-15)18-5-4-6-19(13-18)27-3)20-14-29-12-9-24(20)22(26)17-7-10-28-11-8-17/h4-6,13,17,20H,7-12,14H2,1-3H3/t20-/m1/s1. The lowest BCUT2D eigenvalue weighted by atomic mass is 9.95. The summed E-state index contributed by atoms with van der Waals surface area (Å²) in [6.45, 7) is 7.08. The quantitative estimate of drug-likeness (QED) is 0.791. The van der Waals surface area contributed by atoms with Gasteiger partial charge in [-0.25, -0.2) is 4.68 Å². The lowest BCUT2D eigenvalue weighted by molar-refractivity contribution is -0.147. The lowest BCUT2D eigenvalue weighted by Crippen LogP contribution is -2.47. The minimum absolute atomic E-state index is 0.0402. The molecule has 2 aliphatic heterocycles. The van der Waals surface area contributed by atoms with Crippen molar-refractivity contribution in [1.29, 1.82) is 0 Å². The highest BCUT2D eigenvalue weighted by molar-refractivity contribution is 5.79. The summed E-state index contributed by atoms with van der Waals surface area (Å²) in [4.78, 5) is 15.3. The molecule has 2 saturated heterocycles. The van der Waals surface area contributed by atoms with Crippen LogP contribution in [0.2, 0.25) is 0 Å². The van der Waals surface area contributed by atoms with Gasteiger partial charge in [0.1, 0.15) is 5.75 Å². The first kappa shape index (κ1) is 19.9. The molecule has 1 aromatic carbocycles. The van der Waals surface area contributed by atoms with Gasteiger partial charge in [0.25, 0.3) is 0 Å². The maximum Gasteiger partial charge on any atom is 0.226 e. The normalized spacial score (nSPS) is 20.7. The van der Waals surface area contributed by atoms with Crippen LogP contribution in [0.25, 0.3) is 5.69 Å². The Morgan fingerprint density at radius 3 is 2.72 bits per heavy atom. The van der Waals surface area contributed by atoms with Gasteiger partial charge < -0.3 is 19.1 Å². The molecule has 0 aliphatic carbocycles. The minimum Gasteiger partial charge on any atom is -0.497 e. The van der Waals surface area contributed by atoms with Crippen LogP contribution in [0.15, 0.2) is 24.3 Å². The molecule has 7 nitrogen and oxygen atoms in total. The van der Waals surface area contributed by atoms with Crippen LogP contribution in [-0.4, -0.2) is 60.7 Å². The van der Waals surface area contributed by atoms with E-state index in [0.717, 1.165) is 41.2 Å². The predicted octanol–water partition coefficient (Wildman–Crippen LogP) is 2.82. The number of aromatic nitrogens is 2. The van der Waals surface area contributed by atoms with Crippen molar-refractivity contribution in [2.24, 2.45) is 5.92 Å². The number of rotatable bonds is 4. The number of amides is 1. The number of aryl methyl sites for hydroxylation is 1. The molecule has 2 aliphatic rings. The Labute approximate surface area is 171 Å². The lowest BCUT2D eigenvalue weighted by Gasteiger charge is -2.38. The van der Waals surface area contributed by atoms with Crippen LogP contribution in [-0.2, 0) is 14.3 Å². The van der Waals surface area contributed by atoms with E-state index in [-0.39, 0.29) is 17.9 Å². The third-order valence-corrected chi connectivity index (χ3v) is 5.96. The van der Waals surface area contributed by atoms with E-state index in [2.05, 4.69) is 6.92 Å². The Morgan fingerprint density at radius 1 is 1.17 bits per heavy atom. The van der Waals surface area contributed by atoms with Crippen molar-refractivity contribution in [3.8, 4) is 11.4 Å². The van der Waals surface area contributed by atoms with E-state index in [4.69, 9.17) is 19.3 Å². The van der Waals surface area contributed by atoms with Gasteiger partial charge in [0.15, 0.2) is 0 Å². The van der Waals surface area contributed by atoms with Crippen LogP contribution >= 0.6 is 0 Å². The predicted molar refractivity (Wildman–Crippen MR) is 108 cm³/mol. The average Bonchev–Trinajstić information content (AvgIpc) is 3.07. The Bertz CT molecular complexity index is 873. The fourth-order valence-corrected chi connectivity index (χ4v) is 4.42. The topological polar surface area (TPSA) is 65.8 Å². The molecule has 3 heterocycles. The van der Waals surface area contributed by atoms with E-state index in [9.17, 15) is 4.79 Å². The van der Waals surface area contributed by atoms with Crippen molar-refractivity contribution >= 4 is 5.91 Å². The van der Waals surface area contributed by atoms with Crippen LogP contribution in [0.3, 0.4) is 0 Å². The fourth-order valence-electron chi connectivity index (χ4n) is 4.42. The summed E-state index contributed by atoms with van der Waals surface area (Å²) in [6.07, 6.45) is 1.59. The highest BCUT2D eigenvalue weighted by Crippen LogP contribution is 2.33. The molecule has 1 amide bonds. The third kappa shape index (κ3) is 3.89. The fraction of sp³-hybridized carbons (Fsp3) is 0.545. The zero-order valence-corrected chi connectivity index (χ0v) is 17.4. The molecule has 1 atom stereocenters. The van der Waals surface area contributed by atoms with Gasteiger partial charge in [-0.05, 0) is 38.8 Å². The Hall–Kier alpha value is -2.38. The SMILES string of the molecule is COc1cccc(-n2nc(C)c([C@H]3COCCN3C(=O)C3CCOCC3)c2C)c1. The molecule has 1 aromatic heterocycles. The van der Waals surface area contributed by atoms with Crippen molar-refractivity contribution in [2.45, 2.75) is 32.7 Å². The zero-order valence-electron chi connectivity index (χ0n) is 17.4. The minimum atomic E-state index is -0.113. The number of benzene rings is 1. The molecule has 0 spiro atoms. The van der Waals surface area contributed by atoms with E-state index in [1.54, 1.807) is 7.11 Å². The number of methoxy groups -OCH3 is 1. The van der Waals surface area contributed by atoms with Crippen molar-refractivity contribution in [3.05, 3.63) is 41.2 Å². The summed E-state index contributed by atoms with van der Waals surface area (Å²) >= 11 is 0. The summed E-state index contributed by atoms with van der Waals surface area (Å²) in [5.41, 5.74) is 3.96. The molecular formula is C22H29N3O4. The van der Waals surface area contributed by atoms with Crippen LogP contribution in [0.4, 0.5) is 0 Å². The second-order valence-corrected chi connectivity index (χ2v) is 7.71. The molecule has 2 aromatic rings. The van der Waals surface area contributed by atoms with Gasteiger partial charge in [0.05, 0.1) is 37.7 Å². The number of nitrogens with zero attached hydrogens (tertiary/aromatic N) is 3. The number of carbonyl (C=O) groups excluding carboxylic acids is 1. The van der Waals surface area contributed by atoms with Crippen molar-refractivity contribution in [2.75, 3.05) is 40.1 Å². The molecule has 2 fully saturated rings. The first-order valence-corrected chi connectivity index (χ1v) is 10.3. The first-order chi connectivity index (χ1) is 14.1. The molecule has 0 unspecified atom stereocenters. The Balaban J connectivity index is 1.66. The third-order valence-electron chi connectivity index (χ3n) is 5.96. The van der Waals surface area contributed by atoms with Crippen LogP contribution in [0.1, 0.15) is 35.8 Å². The molecule has 0 radical (unpaired) electrons. The van der Waals surface area contributed by atoms with E-state index >= 15 is 0 Å². The van der Waals surface area contributed by atoms with Gasteiger partial charge in [-0.3, -0.25) is 4.79 Å². The highest BCUT2D eigenvalue weighted by Gasteiger charge is 2.36. The van der Waals surface area contributed by atoms with Crippen LogP contribution in [0, 0.1) is 19.8 Å². The van der Waals surface area contributed by atoms with Crippen molar-refractivity contribution < 1.29 is 19.0 Å². The number of morpholine rings is 1. The van der Waals surface area contributed by atoms with Crippen molar-refractivity contribution in [1.82, 2.24) is 14.7 Å². The maximum atomic E-state index is 13.3. The summed E-state index contributed by atoms with van der Waals surface area (Å²) in [5.74, 6) is 1.04. The Kier molecular flexibility index (Phi) is 5.87. The Morgan fingerprint density at radius 2 is 1.97 bits per heavy atom. The van der Waals surface area contributed by atoms with Crippen LogP contribution in [0.5, 0.6) is 5.75 Å². The summed E-state index contributed by atoms with van der Waals surface area (Å²) in [5, 5.41) is 4.78. The monoisotopic (exact) mass is 399 g/mol. The van der Waals surface area contributed by atoms with E-state index in [1.165, 1.54) is 0 Å². The molecular weight excluding hydrogens is 370 g/mol. The van der Waals surface area contributed by atoms with Gasteiger partial charge in [-0.2, -0.15) is 5.10 Å². The molecule has 0 N–H and O–H groups in total. The largest absolute Gasteiger partial charge is 0.497 e. The van der Waals surface area contributed by atoms with Crippen molar-refractivity contribution in [3.63, 3.8) is 0 Å². The molecule has 0 bridgehead atoms. The number of hydrogen-bond acceptors (Lipinski definition) is 5. The smallest absolute Gasteiger partial charge is 0.226 e. The van der Waals surface area contributed by atoms with Gasteiger partial charge in [0, 0.05) is 43.0 Å². The molecule has 4 rings (SSSR count). The summed E-state index contributed by atoms with van der Waals surface area (Å²) in [7, 11) is 1.66. The van der Waals surface area contributed by atoms with Gasteiger partial charge in [-0.1, -0.05) is 6.07 Å². The van der Waals surface area contributed by atoms with E-state index in [0.29, 0.717) is 33.0 Å². The zero-order chi connectivity index (χ0) is 20.4. The average molecular weight is 399 g/mol. The second-order valence-electron chi connectivity index (χ2n) is 7.71. The maximum absolute atomic E-state index is 13.3. The van der Waals surface area contributed by atoms with Crippen LogP contribution < -0.4 is 4.74 Å². The van der Waals surface area contributed by atoms with Gasteiger partial charge in [-0.15, -0.1) is 0 Å². The second kappa shape index (κ2) is 8.55. The van der Waals surface area contributed by atoms with Gasteiger partial charge in [0.2, 0.25) is 5.91 Å². The molecule has 29 heavy (non-hydrogen) atoms. The summed E-state index contributed by atoms with van der Waals surface area (Å²) < 4.78 is 18.5. The summed E-state index contributed by atoms with van der Waals surface area (Å²) in [6, 6.07) is 7.73. The number of ether oxygens (including phenoxy) is 3. The van der Waals surface area contributed by atoms with E-state index < -0.39 is 0 Å². The molecule has 7 heteroatoms. The highest BCUT2D eigenvalue weighted by atomic mass is 16.5.